The van der Waals surface area contributed by atoms with Crippen LogP contribution in [0.15, 0.2) is 29.2 Å². The Kier molecular flexibility index (Phi) is 4.52. The van der Waals surface area contributed by atoms with Gasteiger partial charge in [0.15, 0.2) is 0 Å². The minimum atomic E-state index is -3.43. The summed E-state index contributed by atoms with van der Waals surface area (Å²) in [6.07, 6.45) is 2.75. The van der Waals surface area contributed by atoms with Gasteiger partial charge >= 0.3 is 0 Å². The van der Waals surface area contributed by atoms with E-state index in [0.29, 0.717) is 23.8 Å². The molecule has 1 aromatic carbocycles. The summed E-state index contributed by atoms with van der Waals surface area (Å²) in [5, 5.41) is 8.85. The van der Waals surface area contributed by atoms with E-state index in [1.807, 2.05) is 0 Å². The van der Waals surface area contributed by atoms with Gasteiger partial charge in [-0.1, -0.05) is 26.0 Å². The third-order valence-electron chi connectivity index (χ3n) is 4.37. The van der Waals surface area contributed by atoms with E-state index >= 15 is 0 Å². The van der Waals surface area contributed by atoms with Gasteiger partial charge < -0.3 is 5.11 Å². The van der Waals surface area contributed by atoms with Crippen LogP contribution in [0.3, 0.4) is 0 Å². The van der Waals surface area contributed by atoms with Gasteiger partial charge in [-0.25, -0.2) is 13.1 Å². The second kappa shape index (κ2) is 5.84. The fraction of sp³-hybridized carbons (Fsp3) is 0.600. The minimum absolute atomic E-state index is 0.0707. The lowest BCUT2D eigenvalue weighted by molar-refractivity contribution is 0.299. The van der Waals surface area contributed by atoms with Crippen molar-refractivity contribution in [3.05, 3.63) is 29.8 Å². The van der Waals surface area contributed by atoms with Gasteiger partial charge in [-0.05, 0) is 48.3 Å². The number of aliphatic hydroxyl groups excluding tert-OH is 1. The molecule has 1 aliphatic carbocycles. The highest BCUT2D eigenvalue weighted by molar-refractivity contribution is 7.89. The molecule has 0 saturated heterocycles. The quantitative estimate of drug-likeness (QED) is 0.808. The van der Waals surface area contributed by atoms with Gasteiger partial charge in [-0.2, -0.15) is 0 Å². The van der Waals surface area contributed by atoms with Gasteiger partial charge in [0.2, 0.25) is 10.0 Å². The number of hydrogen-bond acceptors (Lipinski definition) is 3. The van der Waals surface area contributed by atoms with Crippen LogP contribution in [0, 0.1) is 11.3 Å². The Morgan fingerprint density at radius 2 is 1.85 bits per heavy atom. The van der Waals surface area contributed by atoms with Crippen molar-refractivity contribution in [1.82, 2.24) is 4.72 Å². The van der Waals surface area contributed by atoms with Gasteiger partial charge in [-0.15, -0.1) is 0 Å². The number of benzene rings is 1. The van der Waals surface area contributed by atoms with Gasteiger partial charge in [0.1, 0.15) is 0 Å². The molecule has 1 fully saturated rings. The van der Waals surface area contributed by atoms with Crippen LogP contribution in [0.5, 0.6) is 0 Å². The molecule has 0 bridgehead atoms. The molecule has 4 nitrogen and oxygen atoms in total. The first-order valence-electron chi connectivity index (χ1n) is 7.09. The van der Waals surface area contributed by atoms with E-state index in [1.165, 1.54) is 0 Å². The largest absolute Gasteiger partial charge is 0.396 e. The van der Waals surface area contributed by atoms with Crippen LogP contribution in [0.25, 0.3) is 0 Å². The lowest BCUT2D eigenvalue weighted by Gasteiger charge is -2.20. The van der Waals surface area contributed by atoms with Crippen molar-refractivity contribution in [2.75, 3.05) is 13.2 Å². The second-order valence-corrected chi connectivity index (χ2v) is 7.73. The van der Waals surface area contributed by atoms with Gasteiger partial charge in [0.25, 0.3) is 0 Å². The molecule has 1 saturated carbocycles. The molecule has 0 aliphatic heterocycles. The average molecular weight is 297 g/mol. The summed E-state index contributed by atoms with van der Waals surface area (Å²) < 4.78 is 27.2. The number of nitrogens with one attached hydrogen (secondary N) is 1. The normalized spacial score (nSPS) is 17.4. The standard InChI is InChI=1S/C15H23NO3S/c1-12(2)15(8-9-15)11-16-20(18,19)14-5-3-13(4-6-14)7-10-17/h3-6,12,16-17H,7-11H2,1-2H3. The predicted octanol–water partition coefficient (Wildman–Crippen LogP) is 1.94. The second-order valence-electron chi connectivity index (χ2n) is 5.96. The van der Waals surface area contributed by atoms with Gasteiger partial charge in [-0.3, -0.25) is 0 Å². The van der Waals surface area contributed by atoms with Crippen molar-refractivity contribution in [1.29, 1.82) is 0 Å². The van der Waals surface area contributed by atoms with Crippen LogP contribution < -0.4 is 4.72 Å². The van der Waals surface area contributed by atoms with Crippen LogP contribution in [0.1, 0.15) is 32.3 Å². The lowest BCUT2D eigenvalue weighted by Crippen LogP contribution is -2.32. The SMILES string of the molecule is CC(C)C1(CNS(=O)(=O)c2ccc(CCO)cc2)CC1. The minimum Gasteiger partial charge on any atom is -0.396 e. The molecule has 0 amide bonds. The van der Waals surface area contributed by atoms with E-state index < -0.39 is 10.0 Å². The summed E-state index contributed by atoms with van der Waals surface area (Å²) in [6, 6.07) is 6.70. The molecule has 0 radical (unpaired) electrons. The van der Waals surface area contributed by atoms with Crippen LogP contribution in [0.2, 0.25) is 0 Å². The Labute approximate surface area is 121 Å². The first-order chi connectivity index (χ1) is 9.39. The zero-order chi connectivity index (χ0) is 14.8. The average Bonchev–Trinajstić information content (AvgIpc) is 3.19. The molecule has 0 spiro atoms. The van der Waals surface area contributed by atoms with Crippen molar-refractivity contribution in [2.45, 2.75) is 38.0 Å². The maximum atomic E-state index is 12.2. The third-order valence-corrected chi connectivity index (χ3v) is 5.78. The Morgan fingerprint density at radius 1 is 1.25 bits per heavy atom. The Bertz CT molecular complexity index is 545. The molecule has 1 aromatic rings. The molecule has 0 unspecified atom stereocenters. The fourth-order valence-corrected chi connectivity index (χ4v) is 3.54. The first-order valence-corrected chi connectivity index (χ1v) is 8.57. The highest BCUT2D eigenvalue weighted by Crippen LogP contribution is 2.51. The molecule has 112 valence electrons. The number of rotatable bonds is 7. The van der Waals surface area contributed by atoms with Gasteiger partial charge in [0, 0.05) is 13.2 Å². The zero-order valence-electron chi connectivity index (χ0n) is 12.1. The highest BCUT2D eigenvalue weighted by Gasteiger charge is 2.45. The van der Waals surface area contributed by atoms with Gasteiger partial charge in [0.05, 0.1) is 4.90 Å². The van der Waals surface area contributed by atoms with Crippen molar-refractivity contribution < 1.29 is 13.5 Å². The molecule has 5 heteroatoms. The first kappa shape index (κ1) is 15.5. The van der Waals surface area contributed by atoms with E-state index in [9.17, 15) is 8.42 Å². The summed E-state index contributed by atoms with van der Waals surface area (Å²) in [7, 11) is -3.43. The smallest absolute Gasteiger partial charge is 0.240 e. The van der Waals surface area contributed by atoms with E-state index in [2.05, 4.69) is 18.6 Å². The Balaban J connectivity index is 2.03. The van der Waals surface area contributed by atoms with Crippen molar-refractivity contribution in [3.8, 4) is 0 Å². The molecule has 0 aromatic heterocycles. The molecule has 0 heterocycles. The van der Waals surface area contributed by atoms with Crippen molar-refractivity contribution in [3.63, 3.8) is 0 Å². The molecular formula is C15H23NO3S. The maximum absolute atomic E-state index is 12.2. The predicted molar refractivity (Wildman–Crippen MR) is 78.9 cm³/mol. The van der Waals surface area contributed by atoms with Crippen molar-refractivity contribution >= 4 is 10.0 Å². The van der Waals surface area contributed by atoms with E-state index in [1.54, 1.807) is 24.3 Å². The summed E-state index contributed by atoms with van der Waals surface area (Å²) in [6.45, 7) is 4.88. The highest BCUT2D eigenvalue weighted by atomic mass is 32.2. The van der Waals surface area contributed by atoms with Crippen molar-refractivity contribution in [2.24, 2.45) is 11.3 Å². The number of hydrogen-bond donors (Lipinski definition) is 2. The molecular weight excluding hydrogens is 274 g/mol. The molecule has 2 N–H and O–H groups in total. The fourth-order valence-electron chi connectivity index (χ4n) is 2.41. The summed E-state index contributed by atoms with van der Waals surface area (Å²) in [5.41, 5.74) is 1.09. The van der Waals surface area contributed by atoms with Crippen LogP contribution in [-0.2, 0) is 16.4 Å². The summed E-state index contributed by atoms with van der Waals surface area (Å²) in [5.74, 6) is 0.497. The monoisotopic (exact) mass is 297 g/mol. The third kappa shape index (κ3) is 3.40. The van der Waals surface area contributed by atoms with Crippen LogP contribution in [0.4, 0.5) is 0 Å². The summed E-state index contributed by atoms with van der Waals surface area (Å²) >= 11 is 0. The van der Waals surface area contributed by atoms with E-state index in [0.717, 1.165) is 18.4 Å². The Morgan fingerprint density at radius 3 is 2.30 bits per heavy atom. The number of sulfonamides is 1. The van der Waals surface area contributed by atoms with E-state index in [4.69, 9.17) is 5.11 Å². The molecule has 1 aliphatic rings. The van der Waals surface area contributed by atoms with E-state index in [-0.39, 0.29) is 12.0 Å². The lowest BCUT2D eigenvalue weighted by atomic mass is 9.93. The summed E-state index contributed by atoms with van der Waals surface area (Å²) in [4.78, 5) is 0.291. The maximum Gasteiger partial charge on any atom is 0.240 e. The van der Waals surface area contributed by atoms with Crippen LogP contribution in [-0.4, -0.2) is 26.7 Å². The van der Waals surface area contributed by atoms with Crippen LogP contribution >= 0.6 is 0 Å². The zero-order valence-corrected chi connectivity index (χ0v) is 12.9. The topological polar surface area (TPSA) is 66.4 Å². The molecule has 2 rings (SSSR count). The number of aliphatic hydroxyl groups is 1. The molecule has 20 heavy (non-hydrogen) atoms. The Hall–Kier alpha value is -0.910. The molecule has 0 atom stereocenters.